The van der Waals surface area contributed by atoms with Gasteiger partial charge in [-0.15, -0.1) is 0 Å². The molecule has 6 nitrogen and oxygen atoms in total. The minimum Gasteiger partial charge on any atom is -0.478 e. The van der Waals surface area contributed by atoms with Gasteiger partial charge in [0.05, 0.1) is 0 Å². The highest BCUT2D eigenvalue weighted by Gasteiger charge is 2.01. The molecule has 0 aromatic heterocycles. The number of carboxylic acid groups (broad SMARTS) is 1. The number of benzene rings is 1. The van der Waals surface area contributed by atoms with Gasteiger partial charge in [-0.25, -0.2) is 9.59 Å². The second-order valence-electron chi connectivity index (χ2n) is 4.48. The largest absolute Gasteiger partial charge is 0.478 e. The maximum absolute atomic E-state index is 11.6. The highest BCUT2D eigenvalue weighted by molar-refractivity contribution is 5.90. The first-order chi connectivity index (χ1) is 9.47. The highest BCUT2D eigenvalue weighted by Crippen LogP contribution is 2.11. The van der Waals surface area contributed by atoms with E-state index in [1.165, 1.54) is 6.08 Å². The number of carboxylic acids is 1. The van der Waals surface area contributed by atoms with E-state index < -0.39 is 5.97 Å². The Balaban J connectivity index is 2.53. The molecule has 20 heavy (non-hydrogen) atoms. The van der Waals surface area contributed by atoms with E-state index in [1.807, 2.05) is 19.0 Å². The Labute approximate surface area is 118 Å². The van der Waals surface area contributed by atoms with E-state index >= 15 is 0 Å². The van der Waals surface area contributed by atoms with Gasteiger partial charge in [0.15, 0.2) is 0 Å². The fraction of sp³-hybridized carbons (Fsp3) is 0.286. The van der Waals surface area contributed by atoms with E-state index in [4.69, 9.17) is 5.11 Å². The molecule has 1 aromatic rings. The molecular weight excluding hydrogens is 258 g/mol. The molecule has 0 spiro atoms. The standard InChI is InChI=1S/C14H19N3O3/c1-17(2)9-8-15-14(20)16-12-5-3-4-11(10-12)6-7-13(18)19/h3-7,10H,8-9H2,1-2H3,(H,18,19)(H2,15,16,20)/b7-6+. The van der Waals surface area contributed by atoms with Gasteiger partial charge in [0.2, 0.25) is 0 Å². The van der Waals surface area contributed by atoms with Crippen molar-refractivity contribution < 1.29 is 14.7 Å². The Morgan fingerprint density at radius 1 is 1.35 bits per heavy atom. The quantitative estimate of drug-likeness (QED) is 0.688. The van der Waals surface area contributed by atoms with Crippen LogP contribution in [0.4, 0.5) is 10.5 Å². The topological polar surface area (TPSA) is 81.7 Å². The Kier molecular flexibility index (Phi) is 6.25. The van der Waals surface area contributed by atoms with Gasteiger partial charge >= 0.3 is 12.0 Å². The number of carbonyl (C=O) groups excluding carboxylic acids is 1. The smallest absolute Gasteiger partial charge is 0.328 e. The summed E-state index contributed by atoms with van der Waals surface area (Å²) in [7, 11) is 3.86. The average Bonchev–Trinajstić information content (AvgIpc) is 2.36. The van der Waals surface area contributed by atoms with Crippen LogP contribution in [0.5, 0.6) is 0 Å². The van der Waals surface area contributed by atoms with Gasteiger partial charge in [0.25, 0.3) is 0 Å². The molecule has 0 heterocycles. The zero-order valence-corrected chi connectivity index (χ0v) is 11.6. The van der Waals surface area contributed by atoms with Crippen LogP contribution in [0, 0.1) is 0 Å². The van der Waals surface area contributed by atoms with Crippen LogP contribution in [-0.4, -0.2) is 49.2 Å². The van der Waals surface area contributed by atoms with Crippen molar-refractivity contribution in [3.05, 3.63) is 35.9 Å². The SMILES string of the molecule is CN(C)CCNC(=O)Nc1cccc(/C=C/C(=O)O)c1. The van der Waals surface area contributed by atoms with E-state index in [-0.39, 0.29) is 6.03 Å². The summed E-state index contributed by atoms with van der Waals surface area (Å²) in [6.07, 6.45) is 2.52. The van der Waals surface area contributed by atoms with Crippen molar-refractivity contribution >= 4 is 23.8 Å². The molecule has 0 bridgehead atoms. The van der Waals surface area contributed by atoms with Crippen LogP contribution < -0.4 is 10.6 Å². The van der Waals surface area contributed by atoms with Gasteiger partial charge < -0.3 is 20.6 Å². The van der Waals surface area contributed by atoms with E-state index in [0.717, 1.165) is 12.6 Å². The fourth-order valence-corrected chi connectivity index (χ4v) is 1.46. The minimum atomic E-state index is -1.01. The van der Waals surface area contributed by atoms with Crippen molar-refractivity contribution in [3.8, 4) is 0 Å². The van der Waals surface area contributed by atoms with E-state index in [1.54, 1.807) is 24.3 Å². The van der Waals surface area contributed by atoms with Crippen molar-refractivity contribution in [1.82, 2.24) is 10.2 Å². The minimum absolute atomic E-state index is 0.286. The molecule has 0 aliphatic rings. The van der Waals surface area contributed by atoms with Gasteiger partial charge in [0, 0.05) is 24.9 Å². The number of nitrogens with zero attached hydrogens (tertiary/aromatic N) is 1. The molecule has 1 rings (SSSR count). The van der Waals surface area contributed by atoms with Crippen LogP contribution in [0.3, 0.4) is 0 Å². The summed E-state index contributed by atoms with van der Waals surface area (Å²) in [5, 5.41) is 14.0. The summed E-state index contributed by atoms with van der Waals surface area (Å²) in [4.78, 5) is 24.0. The summed E-state index contributed by atoms with van der Waals surface area (Å²) in [6, 6.07) is 6.66. The number of aliphatic carboxylic acids is 1. The molecule has 0 radical (unpaired) electrons. The van der Waals surface area contributed by atoms with Crippen LogP contribution in [0.2, 0.25) is 0 Å². The number of likely N-dealkylation sites (N-methyl/N-ethyl adjacent to an activating group) is 1. The number of carbonyl (C=O) groups is 2. The van der Waals surface area contributed by atoms with Crippen molar-refractivity contribution in [2.75, 3.05) is 32.5 Å². The predicted molar refractivity (Wildman–Crippen MR) is 78.7 cm³/mol. The zero-order valence-electron chi connectivity index (χ0n) is 11.6. The Morgan fingerprint density at radius 3 is 2.75 bits per heavy atom. The third-order valence-electron chi connectivity index (χ3n) is 2.41. The van der Waals surface area contributed by atoms with Gasteiger partial charge in [-0.3, -0.25) is 0 Å². The summed E-state index contributed by atoms with van der Waals surface area (Å²) < 4.78 is 0. The zero-order chi connectivity index (χ0) is 15.0. The van der Waals surface area contributed by atoms with Gasteiger partial charge in [-0.2, -0.15) is 0 Å². The van der Waals surface area contributed by atoms with Gasteiger partial charge in [0.1, 0.15) is 0 Å². The number of hydrogen-bond donors (Lipinski definition) is 3. The molecule has 0 fully saturated rings. The highest BCUT2D eigenvalue weighted by atomic mass is 16.4. The third kappa shape index (κ3) is 6.55. The van der Waals surface area contributed by atoms with Gasteiger partial charge in [-0.1, -0.05) is 12.1 Å². The lowest BCUT2D eigenvalue weighted by molar-refractivity contribution is -0.131. The van der Waals surface area contributed by atoms with Crippen molar-refractivity contribution in [1.29, 1.82) is 0 Å². The Morgan fingerprint density at radius 2 is 2.10 bits per heavy atom. The first kappa shape index (κ1) is 15.7. The number of nitrogens with one attached hydrogen (secondary N) is 2. The number of rotatable bonds is 6. The van der Waals surface area contributed by atoms with E-state index in [2.05, 4.69) is 10.6 Å². The molecule has 1 aromatic carbocycles. The van der Waals surface area contributed by atoms with Crippen LogP contribution >= 0.6 is 0 Å². The third-order valence-corrected chi connectivity index (χ3v) is 2.41. The summed E-state index contributed by atoms with van der Waals surface area (Å²) >= 11 is 0. The van der Waals surface area contributed by atoms with E-state index in [9.17, 15) is 9.59 Å². The lowest BCUT2D eigenvalue weighted by atomic mass is 10.2. The van der Waals surface area contributed by atoms with Crippen LogP contribution in [-0.2, 0) is 4.79 Å². The Bertz CT molecular complexity index is 498. The number of urea groups is 1. The predicted octanol–water partition coefficient (Wildman–Crippen LogP) is 1.47. The molecule has 0 aliphatic carbocycles. The molecule has 6 heteroatoms. The van der Waals surface area contributed by atoms with Gasteiger partial charge in [-0.05, 0) is 37.9 Å². The molecule has 0 atom stereocenters. The number of hydrogen-bond acceptors (Lipinski definition) is 3. The van der Waals surface area contributed by atoms with Crippen molar-refractivity contribution in [3.63, 3.8) is 0 Å². The van der Waals surface area contributed by atoms with Crippen LogP contribution in [0.1, 0.15) is 5.56 Å². The maximum atomic E-state index is 11.6. The molecule has 0 saturated carbocycles. The summed E-state index contributed by atoms with van der Waals surface area (Å²) in [5.41, 5.74) is 1.32. The molecule has 2 amide bonds. The van der Waals surface area contributed by atoms with Crippen LogP contribution in [0.15, 0.2) is 30.3 Å². The first-order valence-corrected chi connectivity index (χ1v) is 6.18. The van der Waals surface area contributed by atoms with E-state index in [0.29, 0.717) is 17.8 Å². The number of amides is 2. The molecule has 108 valence electrons. The maximum Gasteiger partial charge on any atom is 0.328 e. The molecule has 0 unspecified atom stereocenters. The fourth-order valence-electron chi connectivity index (χ4n) is 1.46. The lowest BCUT2D eigenvalue weighted by Gasteiger charge is -2.11. The Hall–Kier alpha value is -2.34. The van der Waals surface area contributed by atoms with Crippen molar-refractivity contribution in [2.24, 2.45) is 0 Å². The second kappa shape index (κ2) is 7.96. The second-order valence-corrected chi connectivity index (χ2v) is 4.48. The summed E-state index contributed by atoms with van der Waals surface area (Å²) in [5.74, 6) is -1.01. The first-order valence-electron chi connectivity index (χ1n) is 6.18. The van der Waals surface area contributed by atoms with Crippen molar-refractivity contribution in [2.45, 2.75) is 0 Å². The van der Waals surface area contributed by atoms with Crippen LogP contribution in [0.25, 0.3) is 6.08 Å². The molecular formula is C14H19N3O3. The molecule has 0 aliphatic heterocycles. The molecule has 3 N–H and O–H groups in total. The monoisotopic (exact) mass is 277 g/mol. The number of anilines is 1. The lowest BCUT2D eigenvalue weighted by Crippen LogP contribution is -2.34. The molecule has 0 saturated heterocycles. The average molecular weight is 277 g/mol. The summed E-state index contributed by atoms with van der Waals surface area (Å²) in [6.45, 7) is 1.31. The normalized spacial score (nSPS) is 10.8.